The molecule has 0 aromatic heterocycles. The van der Waals surface area contributed by atoms with Gasteiger partial charge in [-0.15, -0.1) is 0 Å². The van der Waals surface area contributed by atoms with Crippen LogP contribution < -0.4 is 9.64 Å². The number of benzene rings is 1. The summed E-state index contributed by atoms with van der Waals surface area (Å²) in [5.74, 6) is 0.678. The fourth-order valence-electron chi connectivity index (χ4n) is 2.75. The van der Waals surface area contributed by atoms with Crippen molar-refractivity contribution >= 4 is 5.69 Å². The predicted octanol–water partition coefficient (Wildman–Crippen LogP) is 1.33. The van der Waals surface area contributed by atoms with Crippen LogP contribution in [0.2, 0.25) is 0 Å². The third kappa shape index (κ3) is 3.06. The first-order valence-corrected chi connectivity index (χ1v) is 6.93. The minimum absolute atomic E-state index is 0.00514. The predicted molar refractivity (Wildman–Crippen MR) is 77.3 cm³/mol. The standard InChI is InChI=1S/C15H23NO4/c1-10-7-16(8-12(9-17)20-10)13-5-4-6-14(19-3)15(13)11(2)18/h4-6,10-12,17-18H,7-9H2,1-3H3. The number of ether oxygens (including phenoxy) is 2. The Labute approximate surface area is 119 Å². The Bertz CT molecular complexity index is 449. The molecule has 3 atom stereocenters. The molecule has 1 heterocycles. The summed E-state index contributed by atoms with van der Waals surface area (Å²) in [7, 11) is 1.60. The molecule has 2 rings (SSSR count). The highest BCUT2D eigenvalue weighted by atomic mass is 16.5. The number of methoxy groups -OCH3 is 1. The first-order valence-electron chi connectivity index (χ1n) is 6.93. The lowest BCUT2D eigenvalue weighted by Crippen LogP contribution is -2.48. The summed E-state index contributed by atoms with van der Waals surface area (Å²) in [6.07, 6.45) is -0.785. The molecule has 5 nitrogen and oxygen atoms in total. The van der Waals surface area contributed by atoms with E-state index in [1.807, 2.05) is 25.1 Å². The molecular formula is C15H23NO4. The monoisotopic (exact) mass is 281 g/mol. The number of anilines is 1. The van der Waals surface area contributed by atoms with E-state index < -0.39 is 6.10 Å². The molecule has 0 radical (unpaired) electrons. The second kappa shape index (κ2) is 6.43. The maximum atomic E-state index is 10.0. The number of aliphatic hydroxyl groups excluding tert-OH is 2. The van der Waals surface area contributed by atoms with Crippen molar-refractivity contribution in [3.8, 4) is 5.75 Å². The van der Waals surface area contributed by atoms with Gasteiger partial charge in [0.1, 0.15) is 5.75 Å². The number of hydrogen-bond acceptors (Lipinski definition) is 5. The third-order valence-corrected chi connectivity index (χ3v) is 3.55. The van der Waals surface area contributed by atoms with Crippen LogP contribution in [0.1, 0.15) is 25.5 Å². The van der Waals surface area contributed by atoms with Gasteiger partial charge in [-0.1, -0.05) is 6.07 Å². The van der Waals surface area contributed by atoms with Crippen LogP contribution in [0.5, 0.6) is 5.75 Å². The molecule has 1 aromatic carbocycles. The first-order chi connectivity index (χ1) is 9.56. The third-order valence-electron chi connectivity index (χ3n) is 3.55. The summed E-state index contributed by atoms with van der Waals surface area (Å²) in [6.45, 7) is 5.04. The highest BCUT2D eigenvalue weighted by molar-refractivity contribution is 5.60. The van der Waals surface area contributed by atoms with E-state index in [9.17, 15) is 10.2 Å². The van der Waals surface area contributed by atoms with Crippen molar-refractivity contribution in [3.05, 3.63) is 23.8 Å². The summed E-state index contributed by atoms with van der Waals surface area (Å²) in [5, 5.41) is 19.4. The molecular weight excluding hydrogens is 258 g/mol. The zero-order valence-electron chi connectivity index (χ0n) is 12.2. The van der Waals surface area contributed by atoms with Crippen LogP contribution in [-0.4, -0.2) is 49.2 Å². The van der Waals surface area contributed by atoms with Crippen LogP contribution in [0.4, 0.5) is 5.69 Å². The van der Waals surface area contributed by atoms with Gasteiger partial charge in [0, 0.05) is 24.3 Å². The molecule has 1 saturated heterocycles. The van der Waals surface area contributed by atoms with E-state index in [1.54, 1.807) is 14.0 Å². The zero-order valence-corrected chi connectivity index (χ0v) is 12.2. The maximum absolute atomic E-state index is 10.0. The highest BCUT2D eigenvalue weighted by Crippen LogP contribution is 2.35. The van der Waals surface area contributed by atoms with Gasteiger partial charge in [0.15, 0.2) is 0 Å². The molecule has 1 aromatic rings. The van der Waals surface area contributed by atoms with E-state index in [0.29, 0.717) is 12.3 Å². The van der Waals surface area contributed by atoms with Gasteiger partial charge in [-0.3, -0.25) is 0 Å². The van der Waals surface area contributed by atoms with Gasteiger partial charge in [-0.2, -0.15) is 0 Å². The van der Waals surface area contributed by atoms with E-state index in [4.69, 9.17) is 9.47 Å². The van der Waals surface area contributed by atoms with Crippen LogP contribution in [0, 0.1) is 0 Å². The number of morpholine rings is 1. The van der Waals surface area contributed by atoms with Gasteiger partial charge in [0.05, 0.1) is 32.0 Å². The Kier molecular flexibility index (Phi) is 4.86. The molecule has 0 amide bonds. The Morgan fingerprint density at radius 3 is 2.80 bits per heavy atom. The molecule has 5 heteroatoms. The summed E-state index contributed by atoms with van der Waals surface area (Å²) in [4.78, 5) is 2.14. The van der Waals surface area contributed by atoms with Crippen molar-refractivity contribution in [1.29, 1.82) is 0 Å². The van der Waals surface area contributed by atoms with E-state index in [1.165, 1.54) is 0 Å². The lowest BCUT2D eigenvalue weighted by molar-refractivity contribution is -0.0422. The van der Waals surface area contributed by atoms with Gasteiger partial charge in [0.2, 0.25) is 0 Å². The number of rotatable bonds is 4. The van der Waals surface area contributed by atoms with Crippen LogP contribution >= 0.6 is 0 Å². The van der Waals surface area contributed by atoms with E-state index >= 15 is 0 Å². The average molecular weight is 281 g/mol. The van der Waals surface area contributed by atoms with Crippen molar-refractivity contribution in [1.82, 2.24) is 0 Å². The minimum atomic E-state index is -0.619. The molecule has 1 aliphatic heterocycles. The van der Waals surface area contributed by atoms with Gasteiger partial charge in [0.25, 0.3) is 0 Å². The van der Waals surface area contributed by atoms with E-state index in [2.05, 4.69) is 4.90 Å². The van der Waals surface area contributed by atoms with Crippen LogP contribution in [0.15, 0.2) is 18.2 Å². The molecule has 1 aliphatic rings. The molecule has 2 N–H and O–H groups in total. The normalized spacial score (nSPS) is 24.6. The SMILES string of the molecule is COc1cccc(N2CC(C)OC(CO)C2)c1C(C)O. The van der Waals surface area contributed by atoms with Crippen molar-refractivity contribution in [2.24, 2.45) is 0 Å². The Balaban J connectivity index is 2.36. The average Bonchev–Trinajstić information content (AvgIpc) is 2.45. The van der Waals surface area contributed by atoms with Crippen molar-refractivity contribution in [2.45, 2.75) is 32.2 Å². The summed E-state index contributed by atoms with van der Waals surface area (Å²) >= 11 is 0. The van der Waals surface area contributed by atoms with Crippen molar-refractivity contribution in [2.75, 3.05) is 31.7 Å². The van der Waals surface area contributed by atoms with Crippen LogP contribution in [0.25, 0.3) is 0 Å². The number of aliphatic hydroxyl groups is 2. The Morgan fingerprint density at radius 1 is 1.45 bits per heavy atom. The Hall–Kier alpha value is -1.30. The second-order valence-corrected chi connectivity index (χ2v) is 5.23. The molecule has 0 saturated carbocycles. The summed E-state index contributed by atoms with van der Waals surface area (Å²) in [6, 6.07) is 5.73. The lowest BCUT2D eigenvalue weighted by Gasteiger charge is -2.39. The molecule has 20 heavy (non-hydrogen) atoms. The quantitative estimate of drug-likeness (QED) is 0.872. The Morgan fingerprint density at radius 2 is 2.20 bits per heavy atom. The molecule has 1 fully saturated rings. The fraction of sp³-hybridized carbons (Fsp3) is 0.600. The maximum Gasteiger partial charge on any atom is 0.126 e. The van der Waals surface area contributed by atoms with E-state index in [0.717, 1.165) is 17.8 Å². The molecule has 0 spiro atoms. The molecule has 0 aliphatic carbocycles. The lowest BCUT2D eigenvalue weighted by atomic mass is 10.0. The minimum Gasteiger partial charge on any atom is -0.496 e. The van der Waals surface area contributed by atoms with Gasteiger partial charge in [-0.05, 0) is 26.0 Å². The fourth-order valence-corrected chi connectivity index (χ4v) is 2.75. The summed E-state index contributed by atoms with van der Waals surface area (Å²) in [5.41, 5.74) is 1.72. The van der Waals surface area contributed by atoms with E-state index in [-0.39, 0.29) is 18.8 Å². The van der Waals surface area contributed by atoms with Gasteiger partial charge < -0.3 is 24.6 Å². The van der Waals surface area contributed by atoms with Crippen LogP contribution in [-0.2, 0) is 4.74 Å². The summed E-state index contributed by atoms with van der Waals surface area (Å²) < 4.78 is 11.0. The largest absolute Gasteiger partial charge is 0.496 e. The van der Waals surface area contributed by atoms with Crippen molar-refractivity contribution < 1.29 is 19.7 Å². The highest BCUT2D eigenvalue weighted by Gasteiger charge is 2.28. The number of nitrogens with zero attached hydrogens (tertiary/aromatic N) is 1. The van der Waals surface area contributed by atoms with Gasteiger partial charge in [-0.25, -0.2) is 0 Å². The second-order valence-electron chi connectivity index (χ2n) is 5.23. The topological polar surface area (TPSA) is 62.2 Å². The van der Waals surface area contributed by atoms with Crippen molar-refractivity contribution in [3.63, 3.8) is 0 Å². The first kappa shape index (κ1) is 15.1. The van der Waals surface area contributed by atoms with Gasteiger partial charge >= 0.3 is 0 Å². The zero-order chi connectivity index (χ0) is 14.7. The number of hydrogen-bond donors (Lipinski definition) is 2. The molecule has 0 bridgehead atoms. The molecule has 112 valence electrons. The van der Waals surface area contributed by atoms with Crippen LogP contribution in [0.3, 0.4) is 0 Å². The molecule has 3 unspecified atom stereocenters. The smallest absolute Gasteiger partial charge is 0.126 e.